The fraction of sp³-hybridized carbons (Fsp3) is 0.364. The highest BCUT2D eigenvalue weighted by Crippen LogP contribution is 2.12. The van der Waals surface area contributed by atoms with Crippen LogP contribution in [0.15, 0.2) is 18.6 Å². The number of hydrogen-bond donors (Lipinski definition) is 1. The first-order valence-corrected chi connectivity index (χ1v) is 6.46. The van der Waals surface area contributed by atoms with Crippen molar-refractivity contribution >= 4 is 23.2 Å². The molecule has 0 aromatic carbocycles. The minimum atomic E-state index is -0.522. The van der Waals surface area contributed by atoms with Gasteiger partial charge < -0.3 is 5.32 Å². The van der Waals surface area contributed by atoms with Gasteiger partial charge in [-0.1, -0.05) is 11.6 Å². The summed E-state index contributed by atoms with van der Waals surface area (Å²) in [6.07, 6.45) is 3.95. The summed E-state index contributed by atoms with van der Waals surface area (Å²) in [6, 6.07) is 0. The van der Waals surface area contributed by atoms with Crippen LogP contribution in [0.4, 0.5) is 5.69 Å². The molecule has 1 N–H and O–H groups in total. The highest BCUT2D eigenvalue weighted by molar-refractivity contribution is 6.31. The first kappa shape index (κ1) is 15.0. The zero-order valence-electron chi connectivity index (χ0n) is 11.2. The van der Waals surface area contributed by atoms with Crippen LogP contribution in [0.1, 0.15) is 5.69 Å². The van der Waals surface area contributed by atoms with E-state index in [1.807, 2.05) is 0 Å². The summed E-state index contributed by atoms with van der Waals surface area (Å²) in [5.74, 6) is -0.223. The van der Waals surface area contributed by atoms with Crippen LogP contribution in [-0.2, 0) is 17.9 Å². The smallest absolute Gasteiger partial charge is 0.306 e. The molecular formula is C11H13ClN6O3. The van der Waals surface area contributed by atoms with E-state index in [1.54, 1.807) is 6.92 Å². The molecule has 9 nitrogen and oxygen atoms in total. The molecule has 2 heterocycles. The topological polar surface area (TPSA) is 108 Å². The van der Waals surface area contributed by atoms with Crippen molar-refractivity contribution < 1.29 is 9.72 Å². The SMILES string of the molecule is Cc1c(Cl)cnn1CC(=O)NCCn1cc([N+](=O)[O-])cn1. The summed E-state index contributed by atoms with van der Waals surface area (Å²) in [4.78, 5) is 21.7. The number of carbonyl (C=O) groups is 1. The monoisotopic (exact) mass is 312 g/mol. The number of aromatic nitrogens is 4. The number of rotatable bonds is 6. The number of nitro groups is 1. The van der Waals surface area contributed by atoms with Gasteiger partial charge in [0.15, 0.2) is 0 Å². The maximum absolute atomic E-state index is 11.7. The molecule has 2 aromatic heterocycles. The normalized spacial score (nSPS) is 10.6. The Balaban J connectivity index is 1.79. The Morgan fingerprint density at radius 1 is 1.48 bits per heavy atom. The molecule has 0 fully saturated rings. The van der Waals surface area contributed by atoms with E-state index in [4.69, 9.17) is 11.6 Å². The molecule has 0 saturated heterocycles. The summed E-state index contributed by atoms with van der Waals surface area (Å²) in [6.45, 7) is 2.49. The number of nitrogens with zero attached hydrogens (tertiary/aromatic N) is 5. The maximum atomic E-state index is 11.7. The molecule has 1 amide bonds. The molecule has 0 radical (unpaired) electrons. The lowest BCUT2D eigenvalue weighted by Gasteiger charge is -2.06. The van der Waals surface area contributed by atoms with Gasteiger partial charge >= 0.3 is 5.69 Å². The second kappa shape index (κ2) is 6.35. The number of nitrogens with one attached hydrogen (secondary N) is 1. The Labute approximate surface area is 124 Å². The second-order valence-electron chi connectivity index (χ2n) is 4.30. The Hall–Kier alpha value is -2.42. The van der Waals surface area contributed by atoms with Crippen molar-refractivity contribution in [3.05, 3.63) is 39.4 Å². The zero-order chi connectivity index (χ0) is 15.4. The molecule has 0 aliphatic heterocycles. The molecule has 10 heteroatoms. The largest absolute Gasteiger partial charge is 0.353 e. The Bertz CT molecular complexity index is 665. The third kappa shape index (κ3) is 3.78. The van der Waals surface area contributed by atoms with E-state index >= 15 is 0 Å². The van der Waals surface area contributed by atoms with Crippen LogP contribution in [0.25, 0.3) is 0 Å². The minimum absolute atomic E-state index is 0.0673. The van der Waals surface area contributed by atoms with E-state index in [2.05, 4.69) is 15.5 Å². The number of amides is 1. The quantitative estimate of drug-likeness (QED) is 0.626. The lowest BCUT2D eigenvalue weighted by Crippen LogP contribution is -2.31. The van der Waals surface area contributed by atoms with E-state index < -0.39 is 4.92 Å². The van der Waals surface area contributed by atoms with Gasteiger partial charge in [-0.25, -0.2) is 0 Å². The molecule has 21 heavy (non-hydrogen) atoms. The van der Waals surface area contributed by atoms with Crippen LogP contribution < -0.4 is 5.32 Å². The predicted molar refractivity (Wildman–Crippen MR) is 73.9 cm³/mol. The highest BCUT2D eigenvalue weighted by Gasteiger charge is 2.10. The summed E-state index contributed by atoms with van der Waals surface area (Å²) in [5.41, 5.74) is 0.637. The first-order valence-electron chi connectivity index (χ1n) is 6.09. The van der Waals surface area contributed by atoms with E-state index in [9.17, 15) is 14.9 Å². The Morgan fingerprint density at radius 2 is 2.24 bits per heavy atom. The average Bonchev–Trinajstić information content (AvgIpc) is 3.01. The van der Waals surface area contributed by atoms with Crippen LogP contribution >= 0.6 is 11.6 Å². The van der Waals surface area contributed by atoms with E-state index in [1.165, 1.54) is 21.8 Å². The summed E-state index contributed by atoms with van der Waals surface area (Å²) in [5, 5.41) is 21.5. The molecule has 2 rings (SSSR count). The van der Waals surface area contributed by atoms with E-state index in [0.29, 0.717) is 18.1 Å². The van der Waals surface area contributed by atoms with Crippen molar-refractivity contribution in [2.45, 2.75) is 20.0 Å². The third-order valence-corrected chi connectivity index (χ3v) is 3.20. The number of carbonyl (C=O) groups excluding carboxylic acids is 1. The highest BCUT2D eigenvalue weighted by atomic mass is 35.5. The van der Waals surface area contributed by atoms with Gasteiger partial charge in [0.1, 0.15) is 18.9 Å². The lowest BCUT2D eigenvalue weighted by molar-refractivity contribution is -0.385. The van der Waals surface area contributed by atoms with Gasteiger partial charge in [-0.05, 0) is 6.92 Å². The maximum Gasteiger partial charge on any atom is 0.306 e. The summed E-state index contributed by atoms with van der Waals surface area (Å²) < 4.78 is 2.89. The van der Waals surface area contributed by atoms with Crippen molar-refractivity contribution in [2.24, 2.45) is 0 Å². The number of halogens is 1. The molecule has 0 unspecified atom stereocenters. The van der Waals surface area contributed by atoms with Crippen LogP contribution in [0.2, 0.25) is 5.02 Å². The first-order chi connectivity index (χ1) is 9.97. The molecule has 0 bridgehead atoms. The van der Waals surface area contributed by atoms with E-state index in [0.717, 1.165) is 11.9 Å². The van der Waals surface area contributed by atoms with Gasteiger partial charge in [0.25, 0.3) is 0 Å². The molecule has 0 aliphatic carbocycles. The van der Waals surface area contributed by atoms with Crippen LogP contribution in [0.5, 0.6) is 0 Å². The van der Waals surface area contributed by atoms with E-state index in [-0.39, 0.29) is 18.1 Å². The lowest BCUT2D eigenvalue weighted by atomic mass is 10.4. The summed E-state index contributed by atoms with van der Waals surface area (Å²) >= 11 is 5.84. The Morgan fingerprint density at radius 3 is 2.81 bits per heavy atom. The van der Waals surface area contributed by atoms with Crippen LogP contribution in [0, 0.1) is 17.0 Å². The fourth-order valence-corrected chi connectivity index (χ4v) is 1.80. The van der Waals surface area contributed by atoms with Gasteiger partial charge in [-0.2, -0.15) is 10.2 Å². The molecule has 0 aliphatic rings. The molecule has 0 atom stereocenters. The Kier molecular flexibility index (Phi) is 4.53. The van der Waals surface area contributed by atoms with Gasteiger partial charge in [0.2, 0.25) is 5.91 Å². The molecule has 2 aromatic rings. The van der Waals surface area contributed by atoms with Crippen molar-refractivity contribution in [1.82, 2.24) is 24.9 Å². The molecule has 0 saturated carbocycles. The second-order valence-corrected chi connectivity index (χ2v) is 4.71. The third-order valence-electron chi connectivity index (χ3n) is 2.83. The van der Waals surface area contributed by atoms with Crippen LogP contribution in [-0.4, -0.2) is 36.9 Å². The molecular weight excluding hydrogens is 300 g/mol. The van der Waals surface area contributed by atoms with Gasteiger partial charge in [0, 0.05) is 6.54 Å². The van der Waals surface area contributed by atoms with Crippen molar-refractivity contribution in [3.63, 3.8) is 0 Å². The molecule has 112 valence electrons. The van der Waals surface area contributed by atoms with Crippen LogP contribution in [0.3, 0.4) is 0 Å². The minimum Gasteiger partial charge on any atom is -0.353 e. The summed E-state index contributed by atoms with van der Waals surface area (Å²) in [7, 11) is 0. The predicted octanol–water partition coefficient (Wildman–Crippen LogP) is 0.766. The van der Waals surface area contributed by atoms with Crippen molar-refractivity contribution in [3.8, 4) is 0 Å². The molecule has 0 spiro atoms. The van der Waals surface area contributed by atoms with Crippen molar-refractivity contribution in [1.29, 1.82) is 0 Å². The fourth-order valence-electron chi connectivity index (χ4n) is 1.65. The average molecular weight is 313 g/mol. The number of hydrogen-bond acceptors (Lipinski definition) is 5. The standard InChI is InChI=1S/C11H13ClN6O3/c1-8-10(12)5-15-17(8)7-11(19)13-2-3-16-6-9(4-14-16)18(20)21/h4-6H,2-3,7H2,1H3,(H,13,19). The zero-order valence-corrected chi connectivity index (χ0v) is 11.9. The van der Waals surface area contributed by atoms with Crippen molar-refractivity contribution in [2.75, 3.05) is 6.54 Å². The van der Waals surface area contributed by atoms with Gasteiger partial charge in [0.05, 0.1) is 28.4 Å². The van der Waals surface area contributed by atoms with Gasteiger partial charge in [-0.3, -0.25) is 24.3 Å². The van der Waals surface area contributed by atoms with Gasteiger partial charge in [-0.15, -0.1) is 0 Å².